The molecule has 0 saturated carbocycles. The maximum Gasteiger partial charge on any atom is 0.263 e. The van der Waals surface area contributed by atoms with Crippen LogP contribution < -0.4 is 15.0 Å². The standard InChI is InChI=1S/C25H31N5O2S/c1-14(2)13-30-16(4)21(15(3)28-30)17-7-8-20-19(11-17)29(9-10-32-20)24-26-18-12-25(5,6)27-23(31)22(18)33-24/h7-8,11,14H,9-10,12-13H2,1-6H3,(H,27,31). The summed E-state index contributed by atoms with van der Waals surface area (Å²) in [5.74, 6) is 1.34. The number of fused-ring (bicyclic) bond motifs is 2. The van der Waals surface area contributed by atoms with Crippen LogP contribution in [0.4, 0.5) is 10.8 Å². The molecule has 1 amide bonds. The first-order valence-electron chi connectivity index (χ1n) is 11.5. The zero-order valence-electron chi connectivity index (χ0n) is 20.2. The molecule has 0 aliphatic carbocycles. The Morgan fingerprint density at radius 1 is 1.27 bits per heavy atom. The minimum absolute atomic E-state index is 0.0314. The molecule has 0 bridgehead atoms. The largest absolute Gasteiger partial charge is 0.490 e. The van der Waals surface area contributed by atoms with E-state index in [0.717, 1.165) is 51.4 Å². The highest BCUT2D eigenvalue weighted by atomic mass is 32.1. The topological polar surface area (TPSA) is 72.3 Å². The van der Waals surface area contributed by atoms with E-state index in [4.69, 9.17) is 14.8 Å². The number of thiazole rings is 1. The molecule has 8 heteroatoms. The molecular weight excluding hydrogens is 434 g/mol. The van der Waals surface area contributed by atoms with E-state index in [2.05, 4.69) is 54.7 Å². The average molecular weight is 466 g/mol. The van der Waals surface area contributed by atoms with E-state index in [9.17, 15) is 4.79 Å². The minimum atomic E-state index is -0.281. The van der Waals surface area contributed by atoms with Crippen LogP contribution >= 0.6 is 11.3 Å². The predicted molar refractivity (Wildman–Crippen MR) is 132 cm³/mol. The number of carbonyl (C=O) groups excluding carboxylic acids is 1. The van der Waals surface area contributed by atoms with Crippen molar-refractivity contribution >= 4 is 28.1 Å². The van der Waals surface area contributed by atoms with Crippen molar-refractivity contribution in [1.29, 1.82) is 0 Å². The highest BCUT2D eigenvalue weighted by Gasteiger charge is 2.35. The number of hydrogen-bond acceptors (Lipinski definition) is 6. The first-order valence-corrected chi connectivity index (χ1v) is 12.4. The van der Waals surface area contributed by atoms with Crippen LogP contribution in [0.15, 0.2) is 18.2 Å². The molecule has 0 unspecified atom stereocenters. The molecule has 1 aromatic carbocycles. The van der Waals surface area contributed by atoms with Crippen molar-refractivity contribution in [1.82, 2.24) is 20.1 Å². The number of rotatable bonds is 4. The van der Waals surface area contributed by atoms with Gasteiger partial charge in [-0.05, 0) is 51.3 Å². The summed E-state index contributed by atoms with van der Waals surface area (Å²) in [6, 6.07) is 6.33. The lowest BCUT2D eigenvalue weighted by molar-refractivity contribution is 0.0901. The second kappa shape index (κ2) is 7.87. The van der Waals surface area contributed by atoms with Crippen LogP contribution in [-0.2, 0) is 13.0 Å². The summed E-state index contributed by atoms with van der Waals surface area (Å²) in [5.41, 5.74) is 6.08. The molecule has 2 aliphatic heterocycles. The Balaban J connectivity index is 1.55. The summed E-state index contributed by atoms with van der Waals surface area (Å²) in [7, 11) is 0. The summed E-state index contributed by atoms with van der Waals surface area (Å²) < 4.78 is 8.09. The van der Waals surface area contributed by atoms with E-state index in [0.29, 0.717) is 19.1 Å². The number of hydrogen-bond donors (Lipinski definition) is 1. The van der Waals surface area contributed by atoms with E-state index in [1.807, 2.05) is 19.9 Å². The van der Waals surface area contributed by atoms with Gasteiger partial charge in [0.2, 0.25) is 0 Å². The van der Waals surface area contributed by atoms with Gasteiger partial charge in [-0.15, -0.1) is 0 Å². The number of amides is 1. The lowest BCUT2D eigenvalue weighted by atomic mass is 9.94. The number of carbonyl (C=O) groups is 1. The van der Waals surface area contributed by atoms with Crippen LogP contribution in [0, 0.1) is 19.8 Å². The van der Waals surface area contributed by atoms with E-state index in [1.54, 1.807) is 0 Å². The number of nitrogens with one attached hydrogen (secondary N) is 1. The molecule has 0 radical (unpaired) electrons. The van der Waals surface area contributed by atoms with Crippen LogP contribution in [0.5, 0.6) is 5.75 Å². The molecular formula is C25H31N5O2S. The van der Waals surface area contributed by atoms with Gasteiger partial charge in [0.15, 0.2) is 5.13 Å². The van der Waals surface area contributed by atoms with Crippen molar-refractivity contribution < 1.29 is 9.53 Å². The Kier molecular flexibility index (Phi) is 5.23. The lowest BCUT2D eigenvalue weighted by Crippen LogP contribution is -2.48. The normalized spacial score (nSPS) is 16.9. The Bertz CT molecular complexity index is 1240. The molecule has 174 valence electrons. The van der Waals surface area contributed by atoms with Crippen LogP contribution in [0.3, 0.4) is 0 Å². The van der Waals surface area contributed by atoms with Crippen molar-refractivity contribution in [2.45, 2.75) is 60.0 Å². The van der Waals surface area contributed by atoms with Gasteiger partial charge in [0, 0.05) is 29.8 Å². The van der Waals surface area contributed by atoms with Crippen LogP contribution in [-0.4, -0.2) is 39.4 Å². The number of nitrogens with zero attached hydrogens (tertiary/aromatic N) is 4. The van der Waals surface area contributed by atoms with E-state index < -0.39 is 0 Å². The fraction of sp³-hybridized carbons (Fsp3) is 0.480. The third kappa shape index (κ3) is 3.90. The second-order valence-electron chi connectivity index (χ2n) is 10.1. The number of benzene rings is 1. The molecule has 0 spiro atoms. The third-order valence-corrected chi connectivity index (χ3v) is 7.33. The van der Waals surface area contributed by atoms with Gasteiger partial charge < -0.3 is 15.0 Å². The lowest BCUT2D eigenvalue weighted by Gasteiger charge is -2.30. The monoisotopic (exact) mass is 465 g/mol. The van der Waals surface area contributed by atoms with Crippen molar-refractivity contribution in [3.8, 4) is 16.9 Å². The number of ether oxygens (including phenoxy) is 1. The van der Waals surface area contributed by atoms with Gasteiger partial charge in [-0.3, -0.25) is 9.48 Å². The Labute approximate surface area is 198 Å². The second-order valence-corrected chi connectivity index (χ2v) is 11.1. The van der Waals surface area contributed by atoms with E-state index in [-0.39, 0.29) is 11.4 Å². The molecule has 0 fully saturated rings. The molecule has 5 rings (SSSR count). The fourth-order valence-electron chi connectivity index (χ4n) is 4.79. The SMILES string of the molecule is Cc1nn(CC(C)C)c(C)c1-c1ccc2c(c1)N(c1nc3c(s1)C(=O)NC(C)(C)C3)CCO2. The van der Waals surface area contributed by atoms with Gasteiger partial charge >= 0.3 is 0 Å². The summed E-state index contributed by atoms with van der Waals surface area (Å²) >= 11 is 1.46. The number of anilines is 2. The van der Waals surface area contributed by atoms with Crippen molar-refractivity contribution in [2.24, 2.45) is 5.92 Å². The number of aryl methyl sites for hydroxylation is 1. The minimum Gasteiger partial charge on any atom is -0.490 e. The fourth-order valence-corrected chi connectivity index (χ4v) is 5.81. The van der Waals surface area contributed by atoms with Gasteiger partial charge in [0.1, 0.15) is 17.2 Å². The molecule has 33 heavy (non-hydrogen) atoms. The van der Waals surface area contributed by atoms with Crippen LogP contribution in [0.25, 0.3) is 11.1 Å². The summed E-state index contributed by atoms with van der Waals surface area (Å²) in [6.07, 6.45) is 0.731. The van der Waals surface area contributed by atoms with Gasteiger partial charge in [-0.2, -0.15) is 5.10 Å². The molecule has 4 heterocycles. The van der Waals surface area contributed by atoms with Gasteiger partial charge in [0.25, 0.3) is 5.91 Å². The summed E-state index contributed by atoms with van der Waals surface area (Å²) in [6.45, 7) is 14.9. The Morgan fingerprint density at radius 2 is 2.06 bits per heavy atom. The maximum absolute atomic E-state index is 12.6. The average Bonchev–Trinajstić information content (AvgIpc) is 3.26. The highest BCUT2D eigenvalue weighted by molar-refractivity contribution is 7.17. The Hall–Kier alpha value is -2.87. The van der Waals surface area contributed by atoms with E-state index in [1.165, 1.54) is 22.6 Å². The third-order valence-electron chi connectivity index (χ3n) is 6.21. The zero-order chi connectivity index (χ0) is 23.5. The van der Waals surface area contributed by atoms with Crippen molar-refractivity contribution in [2.75, 3.05) is 18.1 Å². The zero-order valence-corrected chi connectivity index (χ0v) is 21.0. The molecule has 0 saturated heterocycles. The van der Waals surface area contributed by atoms with Gasteiger partial charge in [-0.25, -0.2) is 4.98 Å². The maximum atomic E-state index is 12.6. The van der Waals surface area contributed by atoms with Crippen LogP contribution in [0.1, 0.15) is 54.4 Å². The molecule has 0 atom stereocenters. The summed E-state index contributed by atoms with van der Waals surface area (Å²) in [5, 5.41) is 8.73. The first-order chi connectivity index (χ1) is 15.6. The quantitative estimate of drug-likeness (QED) is 0.595. The van der Waals surface area contributed by atoms with Gasteiger partial charge in [-0.1, -0.05) is 31.3 Å². The first kappa shape index (κ1) is 21.9. The molecule has 7 nitrogen and oxygen atoms in total. The van der Waals surface area contributed by atoms with E-state index >= 15 is 0 Å². The molecule has 2 aromatic heterocycles. The molecule has 3 aromatic rings. The molecule has 1 N–H and O–H groups in total. The van der Waals surface area contributed by atoms with Crippen molar-refractivity contribution in [3.63, 3.8) is 0 Å². The van der Waals surface area contributed by atoms with Crippen LogP contribution in [0.2, 0.25) is 0 Å². The smallest absolute Gasteiger partial charge is 0.263 e. The predicted octanol–water partition coefficient (Wildman–Crippen LogP) is 4.87. The molecule has 2 aliphatic rings. The Morgan fingerprint density at radius 3 is 2.82 bits per heavy atom. The highest BCUT2D eigenvalue weighted by Crippen LogP contribution is 2.43. The van der Waals surface area contributed by atoms with Gasteiger partial charge in [0.05, 0.1) is 23.6 Å². The summed E-state index contributed by atoms with van der Waals surface area (Å²) in [4.78, 5) is 20.5. The number of aromatic nitrogens is 3. The van der Waals surface area contributed by atoms with Crippen molar-refractivity contribution in [3.05, 3.63) is 40.2 Å².